The zero-order chi connectivity index (χ0) is 13.5. The molecule has 0 amide bonds. The fraction of sp³-hybridized carbons (Fsp3) is 0.882. The van der Waals surface area contributed by atoms with E-state index in [4.69, 9.17) is 4.74 Å². The molecule has 0 aromatic heterocycles. The number of hydrogen-bond donors (Lipinski definition) is 0. The summed E-state index contributed by atoms with van der Waals surface area (Å²) >= 11 is 0. The Morgan fingerprint density at radius 3 is 2.26 bits per heavy atom. The van der Waals surface area contributed by atoms with Gasteiger partial charge in [0.25, 0.3) is 0 Å². The molecule has 0 unspecified atom stereocenters. The lowest BCUT2D eigenvalue weighted by Crippen LogP contribution is -2.30. The summed E-state index contributed by atoms with van der Waals surface area (Å²) in [5, 5.41) is 0. The van der Waals surface area contributed by atoms with E-state index >= 15 is 0 Å². The third-order valence-corrected chi connectivity index (χ3v) is 8.91. The van der Waals surface area contributed by atoms with Gasteiger partial charge in [0.2, 0.25) is 0 Å². The van der Waals surface area contributed by atoms with E-state index in [0.29, 0.717) is 6.10 Å². The maximum atomic E-state index is 5.78. The Hall–Kier alpha value is -0.0831. The smallest absolute Gasteiger partial charge is 0.0575 e. The molecule has 2 aliphatic rings. The lowest BCUT2D eigenvalue weighted by atomic mass is 9.76. The van der Waals surface area contributed by atoms with Crippen molar-refractivity contribution in [1.82, 2.24) is 0 Å². The van der Waals surface area contributed by atoms with Gasteiger partial charge in [0.1, 0.15) is 0 Å². The normalized spacial score (nSPS) is 36.1. The van der Waals surface area contributed by atoms with Crippen LogP contribution in [0.15, 0.2) is 12.7 Å². The molecule has 0 spiro atoms. The summed E-state index contributed by atoms with van der Waals surface area (Å²) in [6.45, 7) is 6.89. The van der Waals surface area contributed by atoms with Gasteiger partial charge < -0.3 is 4.74 Å². The van der Waals surface area contributed by atoms with E-state index < -0.39 is 0 Å². The highest BCUT2D eigenvalue weighted by Gasteiger charge is 2.31. The molecular weight excluding hydrogens is 248 g/mol. The fourth-order valence-electron chi connectivity index (χ4n) is 4.26. The van der Waals surface area contributed by atoms with Gasteiger partial charge >= 0.3 is 0 Å². The van der Waals surface area contributed by atoms with E-state index in [1.54, 1.807) is 24.9 Å². The summed E-state index contributed by atoms with van der Waals surface area (Å²) in [4.78, 5) is 0. The van der Waals surface area contributed by atoms with Gasteiger partial charge in [0.05, 0.1) is 6.10 Å². The summed E-state index contributed by atoms with van der Waals surface area (Å²) < 4.78 is 5.78. The molecule has 2 fully saturated rings. The van der Waals surface area contributed by atoms with Crippen LogP contribution in [0.1, 0.15) is 51.9 Å². The highest BCUT2D eigenvalue weighted by Crippen LogP contribution is 2.40. The maximum absolute atomic E-state index is 5.78. The minimum atomic E-state index is -0.356. The minimum absolute atomic E-state index is 0.356. The summed E-state index contributed by atoms with van der Waals surface area (Å²) in [6.07, 6.45) is 12.6. The van der Waals surface area contributed by atoms with Crippen molar-refractivity contribution < 1.29 is 4.74 Å². The van der Waals surface area contributed by atoms with Gasteiger partial charge in [0.15, 0.2) is 0 Å². The van der Waals surface area contributed by atoms with Gasteiger partial charge in [-0.1, -0.05) is 37.0 Å². The number of allylic oxidation sites excluding steroid dienone is 1. The average Bonchev–Trinajstić information content (AvgIpc) is 2.47. The fourth-order valence-corrected chi connectivity index (χ4v) is 7.64. The predicted molar refractivity (Wildman–Crippen MR) is 86.5 cm³/mol. The van der Waals surface area contributed by atoms with Gasteiger partial charge in [-0.3, -0.25) is 0 Å². The maximum Gasteiger partial charge on any atom is 0.0575 e. The predicted octanol–water partition coefficient (Wildman–Crippen LogP) is 4.79. The second-order valence-corrected chi connectivity index (χ2v) is 10.1. The third kappa shape index (κ3) is 4.75. The zero-order valence-electron chi connectivity index (χ0n) is 12.8. The molecule has 0 atom stereocenters. The van der Waals surface area contributed by atoms with Crippen molar-refractivity contribution in [2.75, 3.05) is 6.61 Å². The van der Waals surface area contributed by atoms with Crippen LogP contribution in [0.25, 0.3) is 0 Å². The van der Waals surface area contributed by atoms with Gasteiger partial charge in [-0.15, -0.1) is 6.58 Å². The lowest BCUT2D eigenvalue weighted by Gasteiger charge is -2.37. The molecule has 0 aromatic carbocycles. The molecule has 19 heavy (non-hydrogen) atoms. The second kappa shape index (κ2) is 8.26. The number of rotatable bonds is 6. The van der Waals surface area contributed by atoms with Crippen LogP contribution in [0.2, 0.25) is 18.1 Å². The van der Waals surface area contributed by atoms with E-state index in [2.05, 4.69) is 19.6 Å². The van der Waals surface area contributed by atoms with Crippen LogP contribution in [-0.4, -0.2) is 21.5 Å². The van der Waals surface area contributed by atoms with Crippen LogP contribution in [-0.2, 0) is 4.74 Å². The summed E-state index contributed by atoms with van der Waals surface area (Å²) in [6, 6.07) is 4.75. The van der Waals surface area contributed by atoms with E-state index in [0.717, 1.165) is 18.4 Å². The van der Waals surface area contributed by atoms with Crippen LogP contribution in [0, 0.1) is 11.8 Å². The molecule has 0 radical (unpaired) electrons. The van der Waals surface area contributed by atoms with Crippen molar-refractivity contribution in [1.29, 1.82) is 0 Å². The largest absolute Gasteiger partial charge is 0.379 e. The highest BCUT2D eigenvalue weighted by atomic mass is 28.3. The molecule has 1 heterocycles. The average molecular weight is 281 g/mol. The Kier molecular flexibility index (Phi) is 6.65. The molecular formula is C17H32OSi. The topological polar surface area (TPSA) is 9.23 Å². The molecule has 110 valence electrons. The van der Waals surface area contributed by atoms with E-state index in [9.17, 15) is 0 Å². The molecule has 0 bridgehead atoms. The van der Waals surface area contributed by atoms with Gasteiger partial charge in [0, 0.05) is 15.4 Å². The standard InChI is InChI=1S/C17H32OSi/c1-3-5-12-19-13-10-16(11-14-19)15-6-8-17(9-7-15)18-4-2/h3,15-17,19H,1,4-14H2,2H3. The van der Waals surface area contributed by atoms with E-state index in [-0.39, 0.29) is 8.80 Å². The Labute approximate surface area is 121 Å². The first-order valence-electron chi connectivity index (χ1n) is 8.56. The Morgan fingerprint density at radius 1 is 1.05 bits per heavy atom. The summed E-state index contributed by atoms with van der Waals surface area (Å²) in [5.74, 6) is 2.10. The van der Waals surface area contributed by atoms with Crippen molar-refractivity contribution in [2.45, 2.75) is 76.1 Å². The van der Waals surface area contributed by atoms with Crippen LogP contribution >= 0.6 is 0 Å². The monoisotopic (exact) mass is 280 g/mol. The van der Waals surface area contributed by atoms with Crippen molar-refractivity contribution in [3.63, 3.8) is 0 Å². The van der Waals surface area contributed by atoms with E-state index in [1.165, 1.54) is 38.1 Å². The van der Waals surface area contributed by atoms with Crippen LogP contribution < -0.4 is 0 Å². The zero-order valence-corrected chi connectivity index (χ0v) is 13.9. The molecule has 2 heteroatoms. The number of ether oxygens (including phenoxy) is 1. The second-order valence-electron chi connectivity index (χ2n) is 6.64. The molecule has 1 aliphatic carbocycles. The first-order chi connectivity index (χ1) is 9.33. The SMILES string of the molecule is C=CCC[SiH]1CCC(C2CCC(OCC)CC2)CC1. The first kappa shape index (κ1) is 15.3. The quantitative estimate of drug-likeness (QED) is 0.502. The summed E-state index contributed by atoms with van der Waals surface area (Å²) in [5.41, 5.74) is 0. The van der Waals surface area contributed by atoms with Gasteiger partial charge in [-0.2, -0.15) is 0 Å². The Bertz CT molecular complexity index is 250. The van der Waals surface area contributed by atoms with Crippen molar-refractivity contribution in [2.24, 2.45) is 11.8 Å². The molecule has 1 aliphatic heterocycles. The molecule has 2 rings (SSSR count). The Balaban J connectivity index is 1.66. The molecule has 1 nitrogen and oxygen atoms in total. The lowest BCUT2D eigenvalue weighted by molar-refractivity contribution is 0.0171. The van der Waals surface area contributed by atoms with Crippen molar-refractivity contribution in [3.8, 4) is 0 Å². The summed E-state index contributed by atoms with van der Waals surface area (Å²) in [7, 11) is -0.356. The molecule has 0 aromatic rings. The van der Waals surface area contributed by atoms with Crippen molar-refractivity contribution >= 4 is 8.80 Å². The molecule has 0 N–H and O–H groups in total. The molecule has 1 saturated heterocycles. The van der Waals surface area contributed by atoms with Crippen LogP contribution in [0.5, 0.6) is 0 Å². The highest BCUT2D eigenvalue weighted by molar-refractivity contribution is 6.59. The van der Waals surface area contributed by atoms with E-state index in [1.807, 2.05) is 0 Å². The minimum Gasteiger partial charge on any atom is -0.379 e. The van der Waals surface area contributed by atoms with Crippen molar-refractivity contribution in [3.05, 3.63) is 12.7 Å². The molecule has 1 saturated carbocycles. The Morgan fingerprint density at radius 2 is 1.68 bits per heavy atom. The van der Waals surface area contributed by atoms with Gasteiger partial charge in [-0.05, 0) is 50.9 Å². The van der Waals surface area contributed by atoms with Gasteiger partial charge in [-0.25, -0.2) is 0 Å². The van der Waals surface area contributed by atoms with Crippen LogP contribution in [0.3, 0.4) is 0 Å². The third-order valence-electron chi connectivity index (χ3n) is 5.46. The van der Waals surface area contributed by atoms with Crippen LogP contribution in [0.4, 0.5) is 0 Å². The number of hydrogen-bond acceptors (Lipinski definition) is 1. The first-order valence-corrected chi connectivity index (χ1v) is 11.0.